The van der Waals surface area contributed by atoms with Crippen molar-refractivity contribution in [2.45, 2.75) is 11.1 Å². The molecule has 0 bridgehead atoms. The van der Waals surface area contributed by atoms with Crippen molar-refractivity contribution in [3.05, 3.63) is 58.4 Å². The van der Waals surface area contributed by atoms with Crippen LogP contribution in [-0.2, 0) is 16.2 Å². The maximum atomic E-state index is 13.2. The quantitative estimate of drug-likeness (QED) is 0.779. The number of alkyl halides is 3. The van der Waals surface area contributed by atoms with Crippen LogP contribution < -0.4 is 10.5 Å². The van der Waals surface area contributed by atoms with Gasteiger partial charge in [0.2, 0.25) is 10.0 Å². The lowest BCUT2D eigenvalue weighted by molar-refractivity contribution is -0.139. The zero-order valence-electron chi connectivity index (χ0n) is 12.1. The van der Waals surface area contributed by atoms with Gasteiger partial charge in [-0.15, -0.1) is 0 Å². The first kappa shape index (κ1) is 19.2. The standard InChI is InChI=1S/C14H9ClF4N2O3S/c15-10-3-1-7(5-12(10)25(20,23)24)13(22)21-8-2-4-11(16)9(6-8)14(17,18)19/h1-6H,(H,21,22)(H2,20,23,24). The molecule has 0 heterocycles. The number of carbonyl (C=O) groups is 1. The minimum Gasteiger partial charge on any atom is -0.322 e. The summed E-state index contributed by atoms with van der Waals surface area (Å²) in [5.41, 5.74) is -2.09. The smallest absolute Gasteiger partial charge is 0.322 e. The lowest BCUT2D eigenvalue weighted by Crippen LogP contribution is -2.17. The molecule has 0 saturated carbocycles. The highest BCUT2D eigenvalue weighted by Crippen LogP contribution is 2.33. The normalized spacial score (nSPS) is 12.1. The van der Waals surface area contributed by atoms with Crippen molar-refractivity contribution >= 4 is 33.2 Å². The number of rotatable bonds is 3. The van der Waals surface area contributed by atoms with E-state index in [0.29, 0.717) is 12.1 Å². The summed E-state index contributed by atoms with van der Waals surface area (Å²) in [5.74, 6) is -2.42. The summed E-state index contributed by atoms with van der Waals surface area (Å²) in [5, 5.41) is 6.84. The van der Waals surface area contributed by atoms with E-state index in [-0.39, 0.29) is 16.3 Å². The van der Waals surface area contributed by atoms with Gasteiger partial charge in [0.1, 0.15) is 10.7 Å². The van der Waals surface area contributed by atoms with Gasteiger partial charge in [0.05, 0.1) is 10.6 Å². The Bertz CT molecular complexity index is 946. The van der Waals surface area contributed by atoms with Gasteiger partial charge in [-0.2, -0.15) is 13.2 Å². The number of anilines is 1. The number of amides is 1. The van der Waals surface area contributed by atoms with E-state index in [4.69, 9.17) is 16.7 Å². The fourth-order valence-corrected chi connectivity index (χ4v) is 2.96. The van der Waals surface area contributed by atoms with Crippen LogP contribution in [0.2, 0.25) is 5.02 Å². The van der Waals surface area contributed by atoms with E-state index in [0.717, 1.165) is 24.3 Å². The molecule has 0 saturated heterocycles. The lowest BCUT2D eigenvalue weighted by Gasteiger charge is -2.11. The predicted molar refractivity (Wildman–Crippen MR) is 82.2 cm³/mol. The molecule has 2 rings (SSSR count). The molecule has 0 radical (unpaired) electrons. The van der Waals surface area contributed by atoms with Gasteiger partial charge < -0.3 is 5.32 Å². The van der Waals surface area contributed by atoms with Crippen LogP contribution in [0.5, 0.6) is 0 Å². The van der Waals surface area contributed by atoms with Gasteiger partial charge in [0.15, 0.2) is 0 Å². The number of nitrogens with one attached hydrogen (secondary N) is 1. The number of carbonyl (C=O) groups excluding carboxylic acids is 1. The van der Waals surface area contributed by atoms with E-state index in [9.17, 15) is 30.8 Å². The minimum absolute atomic E-state index is 0.216. The second-order valence-electron chi connectivity index (χ2n) is 4.84. The Labute approximate surface area is 144 Å². The first-order valence-electron chi connectivity index (χ1n) is 6.40. The van der Waals surface area contributed by atoms with Crippen LogP contribution >= 0.6 is 11.6 Å². The highest BCUT2D eigenvalue weighted by atomic mass is 35.5. The van der Waals surface area contributed by atoms with Crippen molar-refractivity contribution < 1.29 is 30.8 Å². The summed E-state index contributed by atoms with van der Waals surface area (Å²) >= 11 is 5.68. The third kappa shape index (κ3) is 4.47. The van der Waals surface area contributed by atoms with Crippen LogP contribution in [0.25, 0.3) is 0 Å². The van der Waals surface area contributed by atoms with Crippen LogP contribution in [0.3, 0.4) is 0 Å². The maximum Gasteiger partial charge on any atom is 0.419 e. The molecule has 25 heavy (non-hydrogen) atoms. The fourth-order valence-electron chi connectivity index (χ4n) is 1.89. The number of benzene rings is 2. The average molecular weight is 397 g/mol. The molecule has 0 atom stereocenters. The minimum atomic E-state index is -4.94. The Hall–Kier alpha value is -2.17. The third-order valence-corrected chi connectivity index (χ3v) is 4.42. The van der Waals surface area contributed by atoms with Crippen molar-refractivity contribution in [2.24, 2.45) is 5.14 Å². The second-order valence-corrected chi connectivity index (χ2v) is 6.77. The molecule has 0 spiro atoms. The van der Waals surface area contributed by atoms with Crippen LogP contribution in [0.1, 0.15) is 15.9 Å². The molecule has 0 aliphatic rings. The number of nitrogens with two attached hydrogens (primary N) is 1. The maximum absolute atomic E-state index is 13.2. The number of hydrogen-bond acceptors (Lipinski definition) is 3. The number of primary sulfonamides is 1. The molecule has 5 nitrogen and oxygen atoms in total. The SMILES string of the molecule is NS(=O)(=O)c1cc(C(=O)Nc2ccc(F)c(C(F)(F)F)c2)ccc1Cl. The molecule has 1 amide bonds. The molecule has 0 aliphatic carbocycles. The second kappa shape index (κ2) is 6.62. The van der Waals surface area contributed by atoms with Crippen molar-refractivity contribution in [3.8, 4) is 0 Å². The molecule has 11 heteroatoms. The molecule has 3 N–H and O–H groups in total. The van der Waals surface area contributed by atoms with E-state index < -0.39 is 38.4 Å². The predicted octanol–water partition coefficient (Wildman–Crippen LogP) is 3.40. The van der Waals surface area contributed by atoms with Crippen LogP contribution in [0.4, 0.5) is 23.2 Å². The Morgan fingerprint density at radius 3 is 2.32 bits per heavy atom. The van der Waals surface area contributed by atoms with E-state index in [1.807, 2.05) is 0 Å². The fraction of sp³-hybridized carbons (Fsp3) is 0.0714. The molecular formula is C14H9ClF4N2O3S. The van der Waals surface area contributed by atoms with Crippen molar-refractivity contribution in [3.63, 3.8) is 0 Å². The first-order chi connectivity index (χ1) is 11.4. The van der Waals surface area contributed by atoms with Gasteiger partial charge >= 0.3 is 6.18 Å². The Kier molecular flexibility index (Phi) is 5.07. The van der Waals surface area contributed by atoms with Crippen LogP contribution in [0, 0.1) is 5.82 Å². The van der Waals surface area contributed by atoms with Crippen molar-refractivity contribution in [1.82, 2.24) is 0 Å². The van der Waals surface area contributed by atoms with Gasteiger partial charge in [-0.1, -0.05) is 11.6 Å². The summed E-state index contributed by atoms with van der Waals surface area (Å²) in [6.45, 7) is 0. The zero-order chi connectivity index (χ0) is 19.0. The van der Waals surface area contributed by atoms with Gasteiger partial charge in [-0.25, -0.2) is 17.9 Å². The molecule has 134 valence electrons. The Morgan fingerprint density at radius 1 is 1.12 bits per heavy atom. The van der Waals surface area contributed by atoms with E-state index in [1.165, 1.54) is 0 Å². The molecule has 2 aromatic rings. The van der Waals surface area contributed by atoms with Gasteiger partial charge in [-0.05, 0) is 36.4 Å². The van der Waals surface area contributed by atoms with E-state index in [2.05, 4.69) is 5.32 Å². The van der Waals surface area contributed by atoms with E-state index in [1.54, 1.807) is 0 Å². The molecule has 0 aromatic heterocycles. The first-order valence-corrected chi connectivity index (χ1v) is 8.32. The van der Waals surface area contributed by atoms with Gasteiger partial charge in [-0.3, -0.25) is 4.79 Å². The number of sulfonamides is 1. The monoisotopic (exact) mass is 396 g/mol. The van der Waals surface area contributed by atoms with Crippen molar-refractivity contribution in [1.29, 1.82) is 0 Å². The highest BCUT2D eigenvalue weighted by molar-refractivity contribution is 7.89. The molecular weight excluding hydrogens is 388 g/mol. The zero-order valence-corrected chi connectivity index (χ0v) is 13.6. The summed E-state index contributed by atoms with van der Waals surface area (Å²) in [6.07, 6.45) is -4.94. The summed E-state index contributed by atoms with van der Waals surface area (Å²) in [7, 11) is -4.20. The number of halogens is 5. The van der Waals surface area contributed by atoms with Gasteiger partial charge in [0.25, 0.3) is 5.91 Å². The molecule has 0 unspecified atom stereocenters. The van der Waals surface area contributed by atoms with Gasteiger partial charge in [0, 0.05) is 11.3 Å². The Morgan fingerprint density at radius 2 is 1.76 bits per heavy atom. The largest absolute Gasteiger partial charge is 0.419 e. The van der Waals surface area contributed by atoms with Crippen molar-refractivity contribution in [2.75, 3.05) is 5.32 Å². The molecule has 0 fully saturated rings. The lowest BCUT2D eigenvalue weighted by atomic mass is 10.1. The van der Waals surface area contributed by atoms with Crippen LogP contribution in [0.15, 0.2) is 41.3 Å². The third-order valence-electron chi connectivity index (χ3n) is 3.03. The average Bonchev–Trinajstić information content (AvgIpc) is 2.47. The summed E-state index contributed by atoms with van der Waals surface area (Å²) < 4.78 is 74.0. The number of hydrogen-bond donors (Lipinski definition) is 2. The topological polar surface area (TPSA) is 89.3 Å². The van der Waals surface area contributed by atoms with Crippen LogP contribution in [-0.4, -0.2) is 14.3 Å². The summed E-state index contributed by atoms with van der Waals surface area (Å²) in [4.78, 5) is 11.6. The molecule has 2 aromatic carbocycles. The Balaban J connectivity index is 2.35. The highest BCUT2D eigenvalue weighted by Gasteiger charge is 2.34. The summed E-state index contributed by atoms with van der Waals surface area (Å²) in [6, 6.07) is 5.03. The van der Waals surface area contributed by atoms with E-state index >= 15 is 0 Å². The molecule has 0 aliphatic heterocycles.